The lowest BCUT2D eigenvalue weighted by atomic mass is 9.94. The van der Waals surface area contributed by atoms with Crippen molar-refractivity contribution in [1.29, 1.82) is 0 Å². The zero-order valence-electron chi connectivity index (χ0n) is 53.1. The van der Waals surface area contributed by atoms with Crippen molar-refractivity contribution in [2.45, 2.75) is 217 Å². The van der Waals surface area contributed by atoms with Gasteiger partial charge in [-0.3, -0.25) is 52.7 Å². The second-order valence-electron chi connectivity index (χ2n) is 23.5. The molecule has 29 heteroatoms. The number of hydrogen-bond acceptors (Lipinski definition) is 16. The van der Waals surface area contributed by atoms with Crippen LogP contribution in [0.2, 0.25) is 0 Å². The molecule has 1 saturated heterocycles. The molecular weight excluding hydrogens is 1180 g/mol. The van der Waals surface area contributed by atoms with Gasteiger partial charge in [-0.15, -0.1) is 6.58 Å². The molecule has 1 saturated carbocycles. The summed E-state index contributed by atoms with van der Waals surface area (Å²) in [4.78, 5) is 166. The van der Waals surface area contributed by atoms with Gasteiger partial charge < -0.3 is 79.2 Å². The van der Waals surface area contributed by atoms with Gasteiger partial charge in [0.1, 0.15) is 66.0 Å². The Hall–Kier alpha value is -7.66. The molecule has 1 aromatic rings. The molecule has 1 spiro atoms. The highest BCUT2D eigenvalue weighted by Gasteiger charge is 2.62. The van der Waals surface area contributed by atoms with Crippen LogP contribution in [0.3, 0.4) is 0 Å². The number of primary amides is 1. The lowest BCUT2D eigenvalue weighted by Crippen LogP contribution is -2.63. The Morgan fingerprint density at radius 1 is 0.700 bits per heavy atom. The molecule has 3 rings (SSSR count). The number of hydrogen-bond donors (Lipinski definition) is 14. The van der Waals surface area contributed by atoms with E-state index in [-0.39, 0.29) is 32.1 Å². The first-order valence-electron chi connectivity index (χ1n) is 30.9. The normalized spacial score (nSPS) is 22.7. The van der Waals surface area contributed by atoms with Gasteiger partial charge in [0.25, 0.3) is 0 Å². The van der Waals surface area contributed by atoms with E-state index in [1.54, 1.807) is 54.7 Å². The largest absolute Gasteiger partial charge is 0.458 e. The average Bonchev–Trinajstić information content (AvgIpc) is 1.60. The highest BCUT2D eigenvalue weighted by atomic mass is 19.3. The van der Waals surface area contributed by atoms with Gasteiger partial charge in [0.15, 0.2) is 0 Å². The fraction of sp³-hybridized carbons (Fsp3) is 0.672. The number of carbonyl (C=O) groups excluding carboxylic acids is 12. The van der Waals surface area contributed by atoms with Crippen molar-refractivity contribution < 1.29 is 81.3 Å². The minimum Gasteiger partial charge on any atom is -0.458 e. The molecule has 1 heterocycles. The number of nitrogens with one attached hydrogen (secondary N) is 11. The number of rotatable bonds is 36. The summed E-state index contributed by atoms with van der Waals surface area (Å²) < 4.78 is 32.8. The number of amides is 11. The summed E-state index contributed by atoms with van der Waals surface area (Å²) in [6, 6.07) is -5.59. The molecule has 0 radical (unpaired) electrons. The van der Waals surface area contributed by atoms with Gasteiger partial charge in [-0.25, -0.2) is 13.6 Å². The number of carbonyl (C=O) groups is 12. The Bertz CT molecular complexity index is 2640. The van der Waals surface area contributed by atoms with E-state index in [9.17, 15) is 76.5 Å². The standard InChI is InChI=1S/C61H96F2N12O15/c1-11-15-16-17-21-24-39(67-53(82)41(65-10)27-37-22-19-18-20-23-37)51(80)69-42(30-76)54(83)68-40(25-26-45(64)78)52(81)71-47(33(6)13-3)57(86)72-46(32(5)12-2)56(85)70-43(31-77)55(84)73-49-36(9)90-59(88)48(34(7)14-4)74-60(89)61(29-38(61)28-44(62)63)75-50(79)35(8)66-58(49)87/h11,18-20,22-23,32-36,38-44,46-49,65,76-77H,1,12-17,21,24-31H2,2-10H3,(H2,64,78)(H,66,87)(H,67,82)(H,68,83)(H,69,80)(H,70,85)(H,71,81)(H,72,86)(H,73,84)(H,74,89)(H,75,79)/t32-,33-,34-,35-,36-,38?,39-,40+,41+,42-,43-,46-,47+,48-,49+,61?/m0/s1. The number of alkyl halides is 2. The van der Waals surface area contributed by atoms with E-state index in [0.29, 0.717) is 19.3 Å². The zero-order valence-corrected chi connectivity index (χ0v) is 53.1. The number of esters is 1. The SMILES string of the molecule is C=CCCCCC[C@H](NC(=O)[C@@H](Cc1ccccc1)NC)C(=O)N[C@@H](CO)C(=O)N[C@H](CCC(N)=O)C(=O)N[C@@H](C(=O)N[C@H](C(=O)N[C@@H](CO)C(=O)N[C@H]1C(=O)N[C@@H](C)C(=O)NC2(CC2CC(F)F)C(=O)N[C@@H]([C@@H](C)CC)C(=O)O[C@H]1C)[C@@H](C)CC)[C@@H](C)CC. The number of unbranched alkanes of at least 4 members (excludes halogenated alkanes) is 3. The molecule has 2 unspecified atom stereocenters. The quantitative estimate of drug-likeness (QED) is 0.0222. The Labute approximate surface area is 524 Å². The van der Waals surface area contributed by atoms with Crippen LogP contribution in [-0.4, -0.2) is 180 Å². The van der Waals surface area contributed by atoms with Crippen LogP contribution in [0, 0.1) is 23.7 Å². The van der Waals surface area contributed by atoms with Gasteiger partial charge in [-0.2, -0.15) is 0 Å². The Kier molecular flexibility index (Phi) is 31.9. The first kappa shape index (κ1) is 76.6. The van der Waals surface area contributed by atoms with E-state index in [2.05, 4.69) is 65.1 Å². The van der Waals surface area contributed by atoms with E-state index in [4.69, 9.17) is 10.5 Å². The van der Waals surface area contributed by atoms with Crippen molar-refractivity contribution in [1.82, 2.24) is 58.5 Å². The number of likely N-dealkylation sites (N-methyl/N-ethyl adjacent to an activating group) is 1. The van der Waals surface area contributed by atoms with Crippen molar-refractivity contribution in [2.24, 2.45) is 29.4 Å². The molecular formula is C61H96F2N12O15. The summed E-state index contributed by atoms with van der Waals surface area (Å²) in [6.45, 7) is 13.9. The van der Waals surface area contributed by atoms with Gasteiger partial charge in [-0.1, -0.05) is 110 Å². The van der Waals surface area contributed by atoms with Crippen LogP contribution in [0.5, 0.6) is 0 Å². The smallest absolute Gasteiger partial charge is 0.329 e. The van der Waals surface area contributed by atoms with Gasteiger partial charge >= 0.3 is 5.97 Å². The van der Waals surface area contributed by atoms with Crippen LogP contribution >= 0.6 is 0 Å². The summed E-state index contributed by atoms with van der Waals surface area (Å²) in [5, 5.41) is 49.0. The minimum absolute atomic E-state index is 0.155. The monoisotopic (exact) mass is 1270 g/mol. The lowest BCUT2D eigenvalue weighted by molar-refractivity contribution is -0.157. The van der Waals surface area contributed by atoms with E-state index in [1.807, 2.05) is 30.3 Å². The fourth-order valence-corrected chi connectivity index (χ4v) is 10.1. The zero-order chi connectivity index (χ0) is 67.6. The first-order valence-corrected chi connectivity index (χ1v) is 30.9. The molecule has 16 atom stereocenters. The third kappa shape index (κ3) is 23.0. The van der Waals surface area contributed by atoms with Crippen LogP contribution in [-0.2, 0) is 68.7 Å². The van der Waals surface area contributed by atoms with Crippen molar-refractivity contribution in [3.63, 3.8) is 0 Å². The number of aliphatic hydroxyl groups excluding tert-OH is 2. The highest BCUT2D eigenvalue weighted by Crippen LogP contribution is 2.48. The Morgan fingerprint density at radius 3 is 1.77 bits per heavy atom. The maximum atomic E-state index is 14.4. The number of allylic oxidation sites excluding steroid dienone is 1. The van der Waals surface area contributed by atoms with Crippen molar-refractivity contribution in [3.8, 4) is 0 Å². The predicted octanol–water partition coefficient (Wildman–Crippen LogP) is -0.800. The summed E-state index contributed by atoms with van der Waals surface area (Å²) in [6.07, 6.45) is -0.584. The van der Waals surface area contributed by atoms with Gasteiger partial charge in [-0.05, 0) is 88.7 Å². The number of cyclic esters (lactones) is 1. The maximum absolute atomic E-state index is 14.4. The van der Waals surface area contributed by atoms with Crippen LogP contribution in [0.25, 0.3) is 0 Å². The second kappa shape index (κ2) is 37.5. The number of halogens is 2. The van der Waals surface area contributed by atoms with Gasteiger partial charge in [0.2, 0.25) is 71.4 Å². The van der Waals surface area contributed by atoms with Crippen LogP contribution in [0.1, 0.15) is 138 Å². The summed E-state index contributed by atoms with van der Waals surface area (Å²) in [7, 11) is 1.60. The van der Waals surface area contributed by atoms with Crippen molar-refractivity contribution >= 4 is 70.9 Å². The Balaban J connectivity index is 1.86. The van der Waals surface area contributed by atoms with Crippen molar-refractivity contribution in [3.05, 3.63) is 48.6 Å². The van der Waals surface area contributed by atoms with E-state index in [0.717, 1.165) is 18.4 Å². The predicted molar refractivity (Wildman–Crippen MR) is 325 cm³/mol. The molecule has 1 aliphatic heterocycles. The summed E-state index contributed by atoms with van der Waals surface area (Å²) in [5.41, 5.74) is 4.48. The van der Waals surface area contributed by atoms with Crippen LogP contribution < -0.4 is 64.2 Å². The molecule has 2 aliphatic rings. The number of benzene rings is 1. The number of ether oxygens (including phenoxy) is 1. The molecule has 2 fully saturated rings. The molecule has 11 amide bonds. The number of nitrogens with two attached hydrogens (primary N) is 1. The molecule has 90 heavy (non-hydrogen) atoms. The maximum Gasteiger partial charge on any atom is 0.329 e. The molecule has 0 bridgehead atoms. The van der Waals surface area contributed by atoms with E-state index in [1.165, 1.54) is 13.8 Å². The highest BCUT2D eigenvalue weighted by molar-refractivity contribution is 6.01. The van der Waals surface area contributed by atoms with Crippen LogP contribution in [0.4, 0.5) is 8.78 Å². The molecule has 1 aromatic carbocycles. The number of aliphatic hydroxyl groups is 2. The van der Waals surface area contributed by atoms with Crippen LogP contribution in [0.15, 0.2) is 43.0 Å². The molecule has 15 N–H and O–H groups in total. The van der Waals surface area contributed by atoms with Gasteiger partial charge in [0, 0.05) is 12.8 Å². The third-order valence-corrected chi connectivity index (χ3v) is 16.7. The summed E-state index contributed by atoms with van der Waals surface area (Å²) in [5.74, 6) is -14.5. The molecule has 504 valence electrons. The fourth-order valence-electron chi connectivity index (χ4n) is 10.1. The van der Waals surface area contributed by atoms with E-state index < -0.39 is 206 Å². The second-order valence-corrected chi connectivity index (χ2v) is 23.5. The minimum atomic E-state index is -2.83. The lowest BCUT2D eigenvalue weighted by Gasteiger charge is -2.31. The topological polar surface area (TPSA) is 413 Å². The molecule has 1 aliphatic carbocycles. The van der Waals surface area contributed by atoms with Gasteiger partial charge in [0.05, 0.1) is 19.3 Å². The molecule has 27 nitrogen and oxygen atoms in total. The van der Waals surface area contributed by atoms with Crippen molar-refractivity contribution in [2.75, 3.05) is 20.3 Å². The average molecular weight is 1280 g/mol. The third-order valence-electron chi connectivity index (χ3n) is 16.7. The summed E-state index contributed by atoms with van der Waals surface area (Å²) >= 11 is 0. The molecule has 0 aromatic heterocycles. The first-order chi connectivity index (χ1) is 42.6. The van der Waals surface area contributed by atoms with E-state index >= 15 is 0 Å². The Morgan fingerprint density at radius 2 is 1.22 bits per heavy atom.